The highest BCUT2D eigenvalue weighted by atomic mass is 32.1. The van der Waals surface area contributed by atoms with Gasteiger partial charge in [0.15, 0.2) is 0 Å². The molecule has 0 bridgehead atoms. The molecule has 2 aliphatic carbocycles. The van der Waals surface area contributed by atoms with E-state index in [0.29, 0.717) is 23.4 Å². The number of rotatable bonds is 5. The van der Waals surface area contributed by atoms with Gasteiger partial charge in [0.2, 0.25) is 5.91 Å². The molecule has 0 aliphatic heterocycles. The van der Waals surface area contributed by atoms with Gasteiger partial charge in [0.05, 0.1) is 24.0 Å². The van der Waals surface area contributed by atoms with Gasteiger partial charge in [-0.3, -0.25) is 9.59 Å². The van der Waals surface area contributed by atoms with Crippen LogP contribution in [0.2, 0.25) is 0 Å². The lowest BCUT2D eigenvalue weighted by atomic mass is 9.82. The van der Waals surface area contributed by atoms with Crippen LogP contribution in [0.15, 0.2) is 12.2 Å². The molecule has 0 saturated carbocycles. The molecule has 140 valence electrons. The van der Waals surface area contributed by atoms with Gasteiger partial charge in [0.25, 0.3) is 0 Å². The minimum absolute atomic E-state index is 0.269. The van der Waals surface area contributed by atoms with Crippen molar-refractivity contribution in [1.82, 2.24) is 0 Å². The number of fused-ring (bicyclic) bond motifs is 1. The molecule has 1 amide bonds. The molecule has 2 atom stereocenters. The molecule has 0 spiro atoms. The third-order valence-corrected chi connectivity index (χ3v) is 6.18. The number of hydrogen-bond acceptors (Lipinski definition) is 5. The first-order valence-corrected chi connectivity index (χ1v) is 9.84. The predicted molar refractivity (Wildman–Crippen MR) is 98.5 cm³/mol. The van der Waals surface area contributed by atoms with Crippen LogP contribution < -0.4 is 5.32 Å². The number of carbonyl (C=O) groups excluding carboxylic acids is 2. The fourth-order valence-electron chi connectivity index (χ4n) is 3.65. The van der Waals surface area contributed by atoms with E-state index in [9.17, 15) is 19.5 Å². The SMILES string of the molecule is CCOC(=O)c1c(NC(=O)[C@H]2CC=CC[C@@H]2C(=O)O)sc2c1CCCC2. The number of carbonyl (C=O) groups is 3. The molecule has 0 saturated heterocycles. The third kappa shape index (κ3) is 3.67. The molecule has 26 heavy (non-hydrogen) atoms. The number of amides is 1. The Bertz CT molecular complexity index is 751. The van der Waals surface area contributed by atoms with Crippen molar-refractivity contribution >= 4 is 34.2 Å². The van der Waals surface area contributed by atoms with Gasteiger partial charge < -0.3 is 15.2 Å². The highest BCUT2D eigenvalue weighted by molar-refractivity contribution is 7.17. The zero-order chi connectivity index (χ0) is 18.7. The van der Waals surface area contributed by atoms with Gasteiger partial charge in [-0.1, -0.05) is 12.2 Å². The number of nitrogens with one attached hydrogen (secondary N) is 1. The summed E-state index contributed by atoms with van der Waals surface area (Å²) in [6.07, 6.45) is 8.16. The fraction of sp³-hybridized carbons (Fsp3) is 0.526. The molecule has 7 heteroatoms. The number of aryl methyl sites for hydroxylation is 1. The second-order valence-corrected chi connectivity index (χ2v) is 7.72. The zero-order valence-corrected chi connectivity index (χ0v) is 15.6. The predicted octanol–water partition coefficient (Wildman–Crippen LogP) is 3.41. The molecular formula is C19H23NO5S. The van der Waals surface area contributed by atoms with Crippen LogP contribution in [0, 0.1) is 11.8 Å². The van der Waals surface area contributed by atoms with E-state index >= 15 is 0 Å². The zero-order valence-electron chi connectivity index (χ0n) is 14.7. The van der Waals surface area contributed by atoms with Crippen molar-refractivity contribution < 1.29 is 24.2 Å². The van der Waals surface area contributed by atoms with Crippen molar-refractivity contribution in [2.75, 3.05) is 11.9 Å². The van der Waals surface area contributed by atoms with Gasteiger partial charge >= 0.3 is 11.9 Å². The van der Waals surface area contributed by atoms with E-state index in [2.05, 4.69) is 5.32 Å². The van der Waals surface area contributed by atoms with Crippen molar-refractivity contribution in [3.05, 3.63) is 28.2 Å². The lowest BCUT2D eigenvalue weighted by molar-refractivity contribution is -0.146. The van der Waals surface area contributed by atoms with Crippen molar-refractivity contribution in [2.45, 2.75) is 45.4 Å². The minimum atomic E-state index is -0.967. The Kier molecular flexibility index (Phi) is 5.76. The number of carboxylic acids is 1. The van der Waals surface area contributed by atoms with Gasteiger partial charge in [0, 0.05) is 4.88 Å². The topological polar surface area (TPSA) is 92.7 Å². The molecule has 1 heterocycles. The van der Waals surface area contributed by atoms with Crippen molar-refractivity contribution in [1.29, 1.82) is 0 Å². The van der Waals surface area contributed by atoms with E-state index in [1.54, 1.807) is 13.0 Å². The quantitative estimate of drug-likeness (QED) is 0.606. The molecule has 0 unspecified atom stereocenters. The van der Waals surface area contributed by atoms with Crippen LogP contribution >= 0.6 is 11.3 Å². The summed E-state index contributed by atoms with van der Waals surface area (Å²) < 4.78 is 5.19. The smallest absolute Gasteiger partial charge is 0.341 e. The molecule has 6 nitrogen and oxygen atoms in total. The average molecular weight is 377 g/mol. The van der Waals surface area contributed by atoms with Crippen molar-refractivity contribution in [2.24, 2.45) is 11.8 Å². The van der Waals surface area contributed by atoms with Crippen LogP contribution in [0.4, 0.5) is 5.00 Å². The second-order valence-electron chi connectivity index (χ2n) is 6.62. The van der Waals surface area contributed by atoms with Crippen molar-refractivity contribution in [3.8, 4) is 0 Å². The van der Waals surface area contributed by atoms with Crippen molar-refractivity contribution in [3.63, 3.8) is 0 Å². The maximum Gasteiger partial charge on any atom is 0.341 e. The maximum absolute atomic E-state index is 12.8. The first-order chi connectivity index (χ1) is 12.5. The first kappa shape index (κ1) is 18.6. The summed E-state index contributed by atoms with van der Waals surface area (Å²) in [7, 11) is 0. The van der Waals surface area contributed by atoms with Gasteiger partial charge in [-0.05, 0) is 51.0 Å². The Hall–Kier alpha value is -2.15. The van der Waals surface area contributed by atoms with Crippen LogP contribution in [0.25, 0.3) is 0 Å². The number of esters is 1. The van der Waals surface area contributed by atoms with Crippen LogP contribution in [-0.2, 0) is 27.2 Å². The average Bonchev–Trinajstić information content (AvgIpc) is 2.99. The summed E-state index contributed by atoms with van der Waals surface area (Å²) in [5.41, 5.74) is 1.44. The Labute approximate surface area is 156 Å². The fourth-order valence-corrected chi connectivity index (χ4v) is 4.93. The van der Waals surface area contributed by atoms with Gasteiger partial charge in [-0.15, -0.1) is 11.3 Å². The molecule has 0 fully saturated rings. The van der Waals surface area contributed by atoms with E-state index in [1.165, 1.54) is 11.3 Å². The lowest BCUT2D eigenvalue weighted by Crippen LogP contribution is -2.34. The molecule has 2 aliphatic rings. The molecule has 1 aromatic rings. The molecule has 0 aromatic carbocycles. The number of aliphatic carboxylic acids is 1. The van der Waals surface area contributed by atoms with E-state index in [1.807, 2.05) is 6.08 Å². The summed E-state index contributed by atoms with van der Waals surface area (Å²) in [5, 5.41) is 12.7. The first-order valence-electron chi connectivity index (χ1n) is 9.03. The highest BCUT2D eigenvalue weighted by Crippen LogP contribution is 2.39. The number of hydrogen-bond donors (Lipinski definition) is 2. The molecule has 1 aromatic heterocycles. The number of anilines is 1. The Morgan fingerprint density at radius 1 is 1.19 bits per heavy atom. The molecule has 2 N–H and O–H groups in total. The summed E-state index contributed by atoms with van der Waals surface area (Å²) in [6.45, 7) is 2.02. The maximum atomic E-state index is 12.8. The number of thiophene rings is 1. The number of allylic oxidation sites excluding steroid dienone is 2. The van der Waals surface area contributed by atoms with Crippen LogP contribution in [-0.4, -0.2) is 29.6 Å². The largest absolute Gasteiger partial charge is 0.481 e. The second kappa shape index (κ2) is 8.03. The van der Waals surface area contributed by atoms with Crippen LogP contribution in [0.3, 0.4) is 0 Å². The monoisotopic (exact) mass is 377 g/mol. The Balaban J connectivity index is 1.88. The molecule has 3 rings (SSSR count). The molecule has 0 radical (unpaired) electrons. The highest BCUT2D eigenvalue weighted by Gasteiger charge is 2.35. The summed E-state index contributed by atoms with van der Waals surface area (Å²) in [5.74, 6) is -3.09. The van der Waals surface area contributed by atoms with E-state index in [4.69, 9.17) is 4.74 Å². The van der Waals surface area contributed by atoms with E-state index < -0.39 is 23.8 Å². The van der Waals surface area contributed by atoms with Gasteiger partial charge in [0.1, 0.15) is 5.00 Å². The van der Waals surface area contributed by atoms with E-state index in [0.717, 1.165) is 36.1 Å². The number of carboxylic acid groups (broad SMARTS) is 1. The minimum Gasteiger partial charge on any atom is -0.481 e. The standard InChI is InChI=1S/C19H23NO5S/c1-2-25-19(24)15-13-9-5-6-10-14(13)26-17(15)20-16(21)11-7-3-4-8-12(11)18(22)23/h3-4,11-12H,2,5-10H2,1H3,(H,20,21)(H,22,23)/t11-,12-/m0/s1. The van der Waals surface area contributed by atoms with Crippen LogP contribution in [0.1, 0.15) is 53.4 Å². The summed E-state index contributed by atoms with van der Waals surface area (Å²) >= 11 is 1.42. The lowest BCUT2D eigenvalue weighted by Gasteiger charge is -2.24. The summed E-state index contributed by atoms with van der Waals surface area (Å²) in [6, 6.07) is 0. The Morgan fingerprint density at radius 2 is 1.88 bits per heavy atom. The van der Waals surface area contributed by atoms with Crippen LogP contribution in [0.5, 0.6) is 0 Å². The normalized spacial score (nSPS) is 21.7. The number of ether oxygens (including phenoxy) is 1. The van der Waals surface area contributed by atoms with E-state index in [-0.39, 0.29) is 12.5 Å². The molecular weight excluding hydrogens is 354 g/mol. The third-order valence-electron chi connectivity index (χ3n) is 4.97. The van der Waals surface area contributed by atoms with Gasteiger partial charge in [-0.25, -0.2) is 4.79 Å². The summed E-state index contributed by atoms with van der Waals surface area (Å²) in [4.78, 5) is 37.8. The Morgan fingerprint density at radius 3 is 2.58 bits per heavy atom. The van der Waals surface area contributed by atoms with Gasteiger partial charge in [-0.2, -0.15) is 0 Å².